The first kappa shape index (κ1) is 20.4. The highest BCUT2D eigenvalue weighted by molar-refractivity contribution is 7.98. The highest BCUT2D eigenvalue weighted by Crippen LogP contribution is 2.16. The molecule has 0 aliphatic rings. The van der Waals surface area contributed by atoms with E-state index in [1.165, 1.54) is 4.90 Å². The quantitative estimate of drug-likeness (QED) is 0.772. The average Bonchev–Trinajstić information content (AvgIpc) is 2.49. The molecule has 0 bridgehead atoms. The minimum Gasteiger partial charge on any atom is -0.480 e. The first-order valence-electron chi connectivity index (χ1n) is 8.00. The van der Waals surface area contributed by atoms with E-state index in [1.807, 2.05) is 36.6 Å². The lowest BCUT2D eigenvalue weighted by Crippen LogP contribution is -2.48. The largest absolute Gasteiger partial charge is 0.480 e. The number of aliphatic carboxylic acids is 1. The van der Waals surface area contributed by atoms with Crippen molar-refractivity contribution in [2.75, 3.05) is 18.6 Å². The highest BCUT2D eigenvalue weighted by atomic mass is 32.2. The van der Waals surface area contributed by atoms with E-state index in [2.05, 4.69) is 0 Å². The van der Waals surface area contributed by atoms with Crippen molar-refractivity contribution in [3.63, 3.8) is 0 Å². The molecule has 0 fully saturated rings. The fourth-order valence-corrected chi connectivity index (χ4v) is 2.69. The van der Waals surface area contributed by atoms with Crippen LogP contribution in [-0.4, -0.2) is 52.3 Å². The van der Waals surface area contributed by atoms with E-state index >= 15 is 0 Å². The van der Waals surface area contributed by atoms with Gasteiger partial charge in [-0.15, -0.1) is 0 Å². The number of ether oxygens (including phenoxy) is 1. The van der Waals surface area contributed by atoms with E-state index < -0.39 is 23.7 Å². The van der Waals surface area contributed by atoms with Crippen molar-refractivity contribution in [1.29, 1.82) is 0 Å². The van der Waals surface area contributed by atoms with Crippen LogP contribution in [-0.2, 0) is 16.0 Å². The highest BCUT2D eigenvalue weighted by Gasteiger charge is 2.32. The number of hydrogen-bond acceptors (Lipinski definition) is 4. The molecule has 1 amide bonds. The Hall–Kier alpha value is -1.69. The standard InChI is InChI=1S/C18H27NO4S/c1-18(2,3)23-17(22)19(15(16(20)21)11-13-24-4)12-10-14-8-6-5-7-9-14/h5-9,15H,10-13H2,1-4H3,(H,20,21)/t15-/m0/s1. The molecular formula is C18H27NO4S. The fraction of sp³-hybridized carbons (Fsp3) is 0.556. The molecule has 0 aliphatic carbocycles. The van der Waals surface area contributed by atoms with Gasteiger partial charge in [-0.2, -0.15) is 11.8 Å². The van der Waals surface area contributed by atoms with Crippen molar-refractivity contribution in [3.05, 3.63) is 35.9 Å². The molecule has 0 aromatic heterocycles. The van der Waals surface area contributed by atoms with Crippen molar-refractivity contribution >= 4 is 23.8 Å². The Bertz CT molecular complexity index is 528. The third kappa shape index (κ3) is 7.25. The van der Waals surface area contributed by atoms with Crippen molar-refractivity contribution in [2.24, 2.45) is 0 Å². The van der Waals surface area contributed by atoms with Gasteiger partial charge in [-0.3, -0.25) is 4.90 Å². The second-order valence-corrected chi connectivity index (χ2v) is 7.53. The molecule has 24 heavy (non-hydrogen) atoms. The van der Waals surface area contributed by atoms with Crippen molar-refractivity contribution in [1.82, 2.24) is 4.90 Å². The average molecular weight is 353 g/mol. The smallest absolute Gasteiger partial charge is 0.411 e. The maximum Gasteiger partial charge on any atom is 0.411 e. The number of carboxylic acids is 1. The second-order valence-electron chi connectivity index (χ2n) is 6.54. The van der Waals surface area contributed by atoms with E-state index in [-0.39, 0.29) is 0 Å². The van der Waals surface area contributed by atoms with Crippen LogP contribution in [0.2, 0.25) is 0 Å². The Kier molecular flexibility index (Phi) is 8.11. The van der Waals surface area contributed by atoms with Crippen LogP contribution in [0.25, 0.3) is 0 Å². The van der Waals surface area contributed by atoms with Crippen molar-refractivity contribution in [2.45, 2.75) is 45.3 Å². The second kappa shape index (κ2) is 9.57. The van der Waals surface area contributed by atoms with Crippen LogP contribution in [0.15, 0.2) is 30.3 Å². The summed E-state index contributed by atoms with van der Waals surface area (Å²) >= 11 is 1.56. The molecule has 134 valence electrons. The summed E-state index contributed by atoms with van der Waals surface area (Å²) in [4.78, 5) is 25.5. The lowest BCUT2D eigenvalue weighted by atomic mass is 10.1. The summed E-state index contributed by atoms with van der Waals surface area (Å²) in [6, 6.07) is 8.82. The number of benzene rings is 1. The zero-order valence-corrected chi connectivity index (χ0v) is 15.6. The summed E-state index contributed by atoms with van der Waals surface area (Å²) in [5.74, 6) is -0.329. The molecule has 1 aromatic carbocycles. The Morgan fingerprint density at radius 2 is 1.88 bits per heavy atom. The van der Waals surface area contributed by atoms with Gasteiger partial charge >= 0.3 is 12.1 Å². The summed E-state index contributed by atoms with van der Waals surface area (Å²) in [6.45, 7) is 5.64. The molecule has 0 saturated heterocycles. The fourth-order valence-electron chi connectivity index (χ4n) is 2.23. The first-order chi connectivity index (χ1) is 11.2. The topological polar surface area (TPSA) is 66.8 Å². The molecular weight excluding hydrogens is 326 g/mol. The minimum absolute atomic E-state index is 0.310. The first-order valence-corrected chi connectivity index (χ1v) is 9.39. The van der Waals surface area contributed by atoms with E-state index in [0.717, 1.165) is 5.56 Å². The maximum absolute atomic E-state index is 12.5. The summed E-state index contributed by atoms with van der Waals surface area (Å²) in [6.07, 6.45) is 2.32. The van der Waals surface area contributed by atoms with Crippen LogP contribution in [0.5, 0.6) is 0 Å². The van der Waals surface area contributed by atoms with Crippen LogP contribution < -0.4 is 0 Å². The van der Waals surface area contributed by atoms with E-state index in [4.69, 9.17) is 4.74 Å². The Balaban J connectivity index is 2.91. The van der Waals surface area contributed by atoms with Crippen molar-refractivity contribution in [3.8, 4) is 0 Å². The van der Waals surface area contributed by atoms with Gasteiger partial charge in [-0.05, 0) is 51.2 Å². The Morgan fingerprint density at radius 3 is 2.38 bits per heavy atom. The molecule has 0 spiro atoms. The number of carboxylic acid groups (broad SMARTS) is 1. The van der Waals surface area contributed by atoms with Crippen LogP contribution >= 0.6 is 11.8 Å². The maximum atomic E-state index is 12.5. The molecule has 1 atom stereocenters. The molecule has 0 aliphatic heterocycles. The van der Waals surface area contributed by atoms with Crippen LogP contribution in [0.4, 0.5) is 4.79 Å². The summed E-state index contributed by atoms with van der Waals surface area (Å²) in [7, 11) is 0. The molecule has 0 heterocycles. The predicted molar refractivity (Wildman–Crippen MR) is 97.5 cm³/mol. The minimum atomic E-state index is -0.997. The number of carbonyl (C=O) groups excluding carboxylic acids is 1. The van der Waals surface area contributed by atoms with Gasteiger partial charge in [-0.1, -0.05) is 30.3 Å². The normalized spacial score (nSPS) is 12.5. The van der Waals surface area contributed by atoms with Crippen LogP contribution in [0.3, 0.4) is 0 Å². The van der Waals surface area contributed by atoms with Gasteiger partial charge in [0, 0.05) is 6.54 Å². The summed E-state index contributed by atoms with van der Waals surface area (Å²) in [5.41, 5.74) is 0.394. The number of hydrogen-bond donors (Lipinski definition) is 1. The number of thioether (sulfide) groups is 1. The SMILES string of the molecule is CSCC[C@@H](C(=O)O)N(CCc1ccccc1)C(=O)OC(C)(C)C. The van der Waals surface area contributed by atoms with Crippen LogP contribution in [0.1, 0.15) is 32.8 Å². The number of amides is 1. The van der Waals surface area contributed by atoms with Gasteiger partial charge in [0.1, 0.15) is 11.6 Å². The molecule has 1 rings (SSSR count). The monoisotopic (exact) mass is 353 g/mol. The third-order valence-electron chi connectivity index (χ3n) is 3.37. The van der Waals surface area contributed by atoms with Crippen molar-refractivity contribution < 1.29 is 19.4 Å². The molecule has 0 unspecified atom stereocenters. The van der Waals surface area contributed by atoms with Gasteiger partial charge in [0.2, 0.25) is 0 Å². The zero-order chi connectivity index (χ0) is 18.2. The Morgan fingerprint density at radius 1 is 1.25 bits per heavy atom. The summed E-state index contributed by atoms with van der Waals surface area (Å²) < 4.78 is 5.42. The molecule has 0 saturated carbocycles. The molecule has 5 nitrogen and oxygen atoms in total. The molecule has 1 N–H and O–H groups in total. The molecule has 0 radical (unpaired) electrons. The van der Waals surface area contributed by atoms with E-state index in [9.17, 15) is 14.7 Å². The van der Waals surface area contributed by atoms with Gasteiger partial charge in [-0.25, -0.2) is 9.59 Å². The Labute approximate surface area is 148 Å². The predicted octanol–water partition coefficient (Wildman–Crippen LogP) is 3.67. The van der Waals surface area contributed by atoms with Gasteiger partial charge < -0.3 is 9.84 Å². The lowest BCUT2D eigenvalue weighted by Gasteiger charge is -2.31. The van der Waals surface area contributed by atoms with Crippen LogP contribution in [0, 0.1) is 0 Å². The van der Waals surface area contributed by atoms with Gasteiger partial charge in [0.25, 0.3) is 0 Å². The number of carbonyl (C=O) groups is 2. The molecule has 6 heteroatoms. The lowest BCUT2D eigenvalue weighted by molar-refractivity contribution is -0.143. The third-order valence-corrected chi connectivity index (χ3v) is 4.01. The molecule has 1 aromatic rings. The van der Waals surface area contributed by atoms with E-state index in [0.29, 0.717) is 25.1 Å². The van der Waals surface area contributed by atoms with E-state index in [1.54, 1.807) is 32.5 Å². The van der Waals surface area contributed by atoms with Gasteiger partial charge in [0.15, 0.2) is 0 Å². The number of rotatable bonds is 8. The number of nitrogens with zero attached hydrogens (tertiary/aromatic N) is 1. The summed E-state index contributed by atoms with van der Waals surface area (Å²) in [5, 5.41) is 9.56. The zero-order valence-electron chi connectivity index (χ0n) is 14.8. The van der Waals surface area contributed by atoms with Gasteiger partial charge in [0.05, 0.1) is 0 Å².